The van der Waals surface area contributed by atoms with E-state index in [-0.39, 0.29) is 5.91 Å². The van der Waals surface area contributed by atoms with E-state index in [1.807, 2.05) is 13.8 Å². The van der Waals surface area contributed by atoms with Gasteiger partial charge in [-0.1, -0.05) is 11.2 Å². The molecule has 0 bridgehead atoms. The van der Waals surface area contributed by atoms with Crippen molar-refractivity contribution in [1.29, 1.82) is 0 Å². The van der Waals surface area contributed by atoms with E-state index < -0.39 is 5.82 Å². The highest BCUT2D eigenvalue weighted by Gasteiger charge is 2.15. The molecule has 0 unspecified atom stereocenters. The molecule has 5 nitrogen and oxygen atoms in total. The monoisotopic (exact) mass is 357 g/mol. The van der Waals surface area contributed by atoms with Crippen LogP contribution in [0.3, 0.4) is 0 Å². The van der Waals surface area contributed by atoms with Gasteiger partial charge in [0.15, 0.2) is 0 Å². The maximum atomic E-state index is 13.3. The van der Waals surface area contributed by atoms with Crippen LogP contribution in [0.2, 0.25) is 0 Å². The van der Waals surface area contributed by atoms with Crippen LogP contribution in [0.5, 0.6) is 0 Å². The molecular formula is C18H16FN3O2S. The Hall–Kier alpha value is -2.67. The fourth-order valence-corrected chi connectivity index (χ4v) is 3.44. The highest BCUT2D eigenvalue weighted by atomic mass is 32.2. The van der Waals surface area contributed by atoms with Crippen molar-refractivity contribution in [2.45, 2.75) is 24.6 Å². The van der Waals surface area contributed by atoms with Crippen LogP contribution in [0.4, 0.5) is 10.1 Å². The van der Waals surface area contributed by atoms with Gasteiger partial charge in [-0.05, 0) is 44.2 Å². The summed E-state index contributed by atoms with van der Waals surface area (Å²) in [7, 11) is 0. The number of thioether (sulfide) groups is 1. The van der Waals surface area contributed by atoms with Gasteiger partial charge in [-0.15, -0.1) is 11.8 Å². The summed E-state index contributed by atoms with van der Waals surface area (Å²) in [6, 6.07) is 9.16. The van der Waals surface area contributed by atoms with Crippen molar-refractivity contribution < 1.29 is 13.7 Å². The second-order valence-corrected chi connectivity index (χ2v) is 6.38. The van der Waals surface area contributed by atoms with Crippen LogP contribution in [-0.2, 0) is 5.75 Å². The van der Waals surface area contributed by atoms with Crippen molar-refractivity contribution in [3.63, 3.8) is 0 Å². The maximum absolute atomic E-state index is 13.3. The van der Waals surface area contributed by atoms with E-state index in [0.29, 0.717) is 22.0 Å². The third-order valence-electron chi connectivity index (χ3n) is 3.63. The van der Waals surface area contributed by atoms with Crippen LogP contribution >= 0.6 is 11.8 Å². The summed E-state index contributed by atoms with van der Waals surface area (Å²) in [6.45, 7) is 3.73. The van der Waals surface area contributed by atoms with Crippen molar-refractivity contribution >= 4 is 23.4 Å². The predicted octanol–water partition coefficient (Wildman–Crippen LogP) is 4.37. The topological polar surface area (TPSA) is 68.0 Å². The van der Waals surface area contributed by atoms with Gasteiger partial charge in [0.1, 0.15) is 16.6 Å². The van der Waals surface area contributed by atoms with Crippen LogP contribution in [0, 0.1) is 19.7 Å². The SMILES string of the molecule is Cc1noc(C)c1CSc1ncccc1C(=O)Nc1cccc(F)c1. The van der Waals surface area contributed by atoms with E-state index in [2.05, 4.69) is 15.5 Å². The Morgan fingerprint density at radius 2 is 2.12 bits per heavy atom. The van der Waals surface area contributed by atoms with Gasteiger partial charge in [0.05, 0.1) is 11.3 Å². The number of carbonyl (C=O) groups excluding carboxylic acids is 1. The van der Waals surface area contributed by atoms with Crippen LogP contribution < -0.4 is 5.32 Å². The molecule has 2 aromatic heterocycles. The zero-order chi connectivity index (χ0) is 17.8. The minimum absolute atomic E-state index is 0.333. The molecule has 0 saturated heterocycles. The number of aromatic nitrogens is 2. The smallest absolute Gasteiger partial charge is 0.258 e. The fraction of sp³-hybridized carbons (Fsp3) is 0.167. The molecule has 0 saturated carbocycles. The standard InChI is InChI=1S/C18H16FN3O2S/c1-11-16(12(2)24-22-11)10-25-18-15(7-4-8-20-18)17(23)21-14-6-3-5-13(19)9-14/h3-9H,10H2,1-2H3,(H,21,23). The molecule has 3 rings (SSSR count). The number of aryl methyl sites for hydroxylation is 2. The van der Waals surface area contributed by atoms with E-state index in [4.69, 9.17) is 4.52 Å². The first kappa shape index (κ1) is 17.2. The van der Waals surface area contributed by atoms with Crippen LogP contribution in [0.15, 0.2) is 52.1 Å². The van der Waals surface area contributed by atoms with Crippen molar-refractivity contribution in [1.82, 2.24) is 10.1 Å². The van der Waals surface area contributed by atoms with Crippen LogP contribution in [0.25, 0.3) is 0 Å². The molecule has 0 spiro atoms. The molecule has 1 aromatic carbocycles. The van der Waals surface area contributed by atoms with Gasteiger partial charge in [-0.3, -0.25) is 4.79 Å². The number of hydrogen-bond donors (Lipinski definition) is 1. The zero-order valence-electron chi connectivity index (χ0n) is 13.7. The van der Waals surface area contributed by atoms with Gasteiger partial charge in [0, 0.05) is 23.2 Å². The third kappa shape index (κ3) is 4.06. The number of nitrogens with one attached hydrogen (secondary N) is 1. The molecule has 0 aliphatic rings. The van der Waals surface area contributed by atoms with E-state index in [1.54, 1.807) is 30.5 Å². The molecule has 0 aliphatic carbocycles. The second kappa shape index (κ2) is 7.48. The molecule has 0 radical (unpaired) electrons. The van der Waals surface area contributed by atoms with Gasteiger partial charge >= 0.3 is 0 Å². The van der Waals surface area contributed by atoms with Gasteiger partial charge < -0.3 is 9.84 Å². The first-order chi connectivity index (χ1) is 12.0. The minimum atomic E-state index is -0.406. The number of nitrogens with zero attached hydrogens (tertiary/aromatic N) is 2. The summed E-state index contributed by atoms with van der Waals surface area (Å²) in [5, 5.41) is 7.21. The molecule has 1 N–H and O–H groups in total. The summed E-state index contributed by atoms with van der Waals surface area (Å²) in [5.41, 5.74) is 2.65. The van der Waals surface area contributed by atoms with E-state index in [0.717, 1.165) is 17.0 Å². The van der Waals surface area contributed by atoms with E-state index >= 15 is 0 Å². The Bertz CT molecular complexity index is 891. The van der Waals surface area contributed by atoms with Crippen molar-refractivity contribution in [3.8, 4) is 0 Å². The number of carbonyl (C=O) groups is 1. The lowest BCUT2D eigenvalue weighted by atomic mass is 10.2. The lowest BCUT2D eigenvalue weighted by Gasteiger charge is -2.09. The zero-order valence-corrected chi connectivity index (χ0v) is 14.6. The number of halogens is 1. The Morgan fingerprint density at radius 1 is 1.28 bits per heavy atom. The number of amides is 1. The van der Waals surface area contributed by atoms with Gasteiger partial charge in [0.2, 0.25) is 0 Å². The summed E-state index contributed by atoms with van der Waals surface area (Å²) < 4.78 is 18.4. The van der Waals surface area contributed by atoms with E-state index in [9.17, 15) is 9.18 Å². The van der Waals surface area contributed by atoms with Gasteiger partial charge in [-0.2, -0.15) is 0 Å². The third-order valence-corrected chi connectivity index (χ3v) is 4.66. The maximum Gasteiger partial charge on any atom is 0.258 e. The first-order valence-electron chi connectivity index (χ1n) is 7.61. The Kier molecular flexibility index (Phi) is 5.14. The van der Waals surface area contributed by atoms with Gasteiger partial charge in [-0.25, -0.2) is 9.37 Å². The molecule has 1 amide bonds. The molecule has 3 aromatic rings. The summed E-state index contributed by atoms with van der Waals surface area (Å²) in [4.78, 5) is 16.8. The number of pyridine rings is 1. The Labute approximate surface area is 148 Å². The number of benzene rings is 1. The number of anilines is 1. The number of rotatable bonds is 5. The molecule has 2 heterocycles. The van der Waals surface area contributed by atoms with Crippen molar-refractivity contribution in [2.24, 2.45) is 0 Å². The largest absolute Gasteiger partial charge is 0.361 e. The fourth-order valence-electron chi connectivity index (χ4n) is 2.29. The molecule has 25 heavy (non-hydrogen) atoms. The average molecular weight is 357 g/mol. The highest BCUT2D eigenvalue weighted by Crippen LogP contribution is 2.27. The average Bonchev–Trinajstić information content (AvgIpc) is 2.91. The Morgan fingerprint density at radius 3 is 2.84 bits per heavy atom. The highest BCUT2D eigenvalue weighted by molar-refractivity contribution is 7.98. The quantitative estimate of drug-likeness (QED) is 0.687. The molecule has 0 fully saturated rings. The molecular weight excluding hydrogens is 341 g/mol. The minimum Gasteiger partial charge on any atom is -0.361 e. The first-order valence-corrected chi connectivity index (χ1v) is 8.59. The summed E-state index contributed by atoms with van der Waals surface area (Å²) >= 11 is 1.43. The summed E-state index contributed by atoms with van der Waals surface area (Å²) in [6.07, 6.45) is 1.63. The van der Waals surface area contributed by atoms with Gasteiger partial charge in [0.25, 0.3) is 5.91 Å². The summed E-state index contributed by atoms with van der Waals surface area (Å²) in [5.74, 6) is 0.613. The molecule has 0 atom stereocenters. The van der Waals surface area contributed by atoms with E-state index in [1.165, 1.54) is 23.9 Å². The van der Waals surface area contributed by atoms with Crippen molar-refractivity contribution in [2.75, 3.05) is 5.32 Å². The van der Waals surface area contributed by atoms with Crippen molar-refractivity contribution in [3.05, 3.63) is 71.0 Å². The molecule has 7 heteroatoms. The molecule has 128 valence electrons. The predicted molar refractivity (Wildman–Crippen MR) is 94.1 cm³/mol. The Balaban J connectivity index is 1.77. The van der Waals surface area contributed by atoms with Crippen LogP contribution in [0.1, 0.15) is 27.4 Å². The second-order valence-electron chi connectivity index (χ2n) is 5.41. The normalized spacial score (nSPS) is 10.7. The lowest BCUT2D eigenvalue weighted by Crippen LogP contribution is -2.13. The molecule has 0 aliphatic heterocycles. The van der Waals surface area contributed by atoms with Crippen LogP contribution in [-0.4, -0.2) is 16.0 Å². The number of hydrogen-bond acceptors (Lipinski definition) is 5. The lowest BCUT2D eigenvalue weighted by molar-refractivity contribution is 0.102.